The van der Waals surface area contributed by atoms with Crippen LogP contribution in [0.5, 0.6) is 5.88 Å². The molecule has 0 bridgehead atoms. The summed E-state index contributed by atoms with van der Waals surface area (Å²) in [5, 5.41) is 14.4. The van der Waals surface area contributed by atoms with E-state index in [4.69, 9.17) is 15.2 Å². The number of esters is 1. The number of nitrogens with two attached hydrogens (primary N) is 1. The van der Waals surface area contributed by atoms with Gasteiger partial charge in [0.05, 0.1) is 12.2 Å². The monoisotopic (exact) mass is 452 g/mol. The van der Waals surface area contributed by atoms with Crippen molar-refractivity contribution in [3.8, 4) is 11.9 Å². The number of anilines is 3. The number of nitrogens with one attached hydrogen (secondary N) is 2. The molecule has 0 aliphatic rings. The van der Waals surface area contributed by atoms with Crippen LogP contribution in [0, 0.1) is 11.3 Å². The summed E-state index contributed by atoms with van der Waals surface area (Å²) in [7, 11) is 0. The zero-order chi connectivity index (χ0) is 23.9. The Balaban J connectivity index is 2.34. The van der Waals surface area contributed by atoms with Crippen LogP contribution in [0.25, 0.3) is 0 Å². The van der Waals surface area contributed by atoms with Crippen molar-refractivity contribution in [2.45, 2.75) is 26.1 Å². The standard InChI is InChI=1S/C19H19F3N6O4/c1-3-31-17-13(8-23)15(27-18(24)28-17)26-14(9-32-10(2)29)16(30)25-12-6-4-5-11(7-12)19(20,21)22/h4-7,14H,3,9H2,1-2H3,(H,25,30)(H3,24,26,27,28). The van der Waals surface area contributed by atoms with Gasteiger partial charge < -0.3 is 25.8 Å². The van der Waals surface area contributed by atoms with Crippen LogP contribution >= 0.6 is 0 Å². The normalized spacial score (nSPS) is 11.8. The molecule has 2 rings (SSSR count). The number of nitriles is 1. The average Bonchev–Trinajstić information content (AvgIpc) is 2.70. The van der Waals surface area contributed by atoms with Crippen LogP contribution in [0.15, 0.2) is 24.3 Å². The Hall–Kier alpha value is -4.08. The first kappa shape index (κ1) is 24.2. The number of benzene rings is 1. The van der Waals surface area contributed by atoms with Crippen molar-refractivity contribution in [2.24, 2.45) is 0 Å². The van der Waals surface area contributed by atoms with Gasteiger partial charge in [0, 0.05) is 12.6 Å². The van der Waals surface area contributed by atoms with Gasteiger partial charge in [-0.2, -0.15) is 28.4 Å². The van der Waals surface area contributed by atoms with Crippen molar-refractivity contribution in [2.75, 3.05) is 29.6 Å². The van der Waals surface area contributed by atoms with Gasteiger partial charge in [0.15, 0.2) is 11.4 Å². The van der Waals surface area contributed by atoms with Crippen LogP contribution in [-0.4, -0.2) is 41.1 Å². The molecule has 10 nitrogen and oxygen atoms in total. The second kappa shape index (κ2) is 10.3. The molecule has 13 heteroatoms. The van der Waals surface area contributed by atoms with Crippen molar-refractivity contribution in [3.63, 3.8) is 0 Å². The predicted octanol–water partition coefficient (Wildman–Crippen LogP) is 2.33. The molecule has 4 N–H and O–H groups in total. The van der Waals surface area contributed by atoms with Crippen molar-refractivity contribution >= 4 is 29.3 Å². The van der Waals surface area contributed by atoms with Gasteiger partial charge in [-0.1, -0.05) is 6.07 Å². The van der Waals surface area contributed by atoms with Gasteiger partial charge in [-0.05, 0) is 25.1 Å². The van der Waals surface area contributed by atoms with E-state index in [1.165, 1.54) is 6.07 Å². The van der Waals surface area contributed by atoms with Crippen molar-refractivity contribution in [3.05, 3.63) is 35.4 Å². The molecule has 1 aromatic heterocycles. The van der Waals surface area contributed by atoms with Gasteiger partial charge in [0.2, 0.25) is 17.7 Å². The van der Waals surface area contributed by atoms with Crippen LogP contribution in [0.3, 0.4) is 0 Å². The molecule has 0 aliphatic heterocycles. The Bertz CT molecular complexity index is 1040. The first-order valence-electron chi connectivity index (χ1n) is 9.13. The van der Waals surface area contributed by atoms with Gasteiger partial charge >= 0.3 is 12.1 Å². The number of hydrogen-bond acceptors (Lipinski definition) is 9. The van der Waals surface area contributed by atoms with E-state index >= 15 is 0 Å². The summed E-state index contributed by atoms with van der Waals surface area (Å²) >= 11 is 0. The molecule has 0 saturated heterocycles. The second-order valence-electron chi connectivity index (χ2n) is 6.22. The maximum Gasteiger partial charge on any atom is 0.416 e. The number of rotatable bonds is 8. The van der Waals surface area contributed by atoms with Gasteiger partial charge in [0.1, 0.15) is 18.7 Å². The highest BCUT2D eigenvalue weighted by Crippen LogP contribution is 2.31. The third kappa shape index (κ3) is 6.46. The van der Waals surface area contributed by atoms with Crippen molar-refractivity contribution in [1.82, 2.24) is 9.97 Å². The molecule has 32 heavy (non-hydrogen) atoms. The topological polar surface area (TPSA) is 152 Å². The summed E-state index contributed by atoms with van der Waals surface area (Å²) in [6, 6.07) is 4.46. The Morgan fingerprint density at radius 2 is 2.03 bits per heavy atom. The third-order valence-electron chi connectivity index (χ3n) is 3.82. The molecular formula is C19H19F3N6O4. The van der Waals surface area contributed by atoms with Gasteiger partial charge in [0.25, 0.3) is 0 Å². The zero-order valence-corrected chi connectivity index (χ0v) is 17.0. The number of halogens is 3. The summed E-state index contributed by atoms with van der Waals surface area (Å²) in [5.74, 6) is -2.14. The third-order valence-corrected chi connectivity index (χ3v) is 3.82. The number of carbonyl (C=O) groups is 2. The number of nitrogen functional groups attached to an aromatic ring is 1. The van der Waals surface area contributed by atoms with Crippen LogP contribution in [0.2, 0.25) is 0 Å². The number of carbonyl (C=O) groups excluding carboxylic acids is 2. The molecule has 2 aromatic rings. The fraction of sp³-hybridized carbons (Fsp3) is 0.316. The van der Waals surface area contributed by atoms with Crippen LogP contribution in [0.4, 0.5) is 30.6 Å². The lowest BCUT2D eigenvalue weighted by Gasteiger charge is -2.20. The molecule has 1 aromatic carbocycles. The van der Waals surface area contributed by atoms with E-state index < -0.39 is 36.3 Å². The second-order valence-corrected chi connectivity index (χ2v) is 6.22. The molecular weight excluding hydrogens is 433 g/mol. The van der Waals surface area contributed by atoms with E-state index in [-0.39, 0.29) is 35.5 Å². The number of alkyl halides is 3. The minimum atomic E-state index is -4.61. The number of ether oxygens (including phenoxy) is 2. The summed E-state index contributed by atoms with van der Waals surface area (Å²) in [5.41, 5.74) is 4.36. The van der Waals surface area contributed by atoms with Crippen molar-refractivity contribution in [1.29, 1.82) is 5.26 Å². The van der Waals surface area contributed by atoms with E-state index in [0.717, 1.165) is 25.1 Å². The smallest absolute Gasteiger partial charge is 0.416 e. The maximum absolute atomic E-state index is 12.9. The summed E-state index contributed by atoms with van der Waals surface area (Å²) < 4.78 is 48.9. The molecule has 0 saturated carbocycles. The van der Waals surface area contributed by atoms with E-state index in [2.05, 4.69) is 20.6 Å². The Labute approximate surface area is 180 Å². The Morgan fingerprint density at radius 1 is 1.31 bits per heavy atom. The van der Waals surface area contributed by atoms with Crippen LogP contribution < -0.4 is 21.1 Å². The first-order chi connectivity index (χ1) is 15.0. The molecule has 170 valence electrons. The predicted molar refractivity (Wildman–Crippen MR) is 106 cm³/mol. The minimum absolute atomic E-state index is 0.130. The number of aromatic nitrogens is 2. The van der Waals surface area contributed by atoms with E-state index in [9.17, 15) is 28.0 Å². The molecule has 1 unspecified atom stereocenters. The lowest BCUT2D eigenvalue weighted by atomic mass is 10.2. The van der Waals surface area contributed by atoms with Gasteiger partial charge in [-0.25, -0.2) is 0 Å². The SMILES string of the molecule is CCOc1nc(N)nc(NC(COC(C)=O)C(=O)Nc2cccc(C(F)(F)F)c2)c1C#N. The van der Waals surface area contributed by atoms with Gasteiger partial charge in [-0.15, -0.1) is 0 Å². The maximum atomic E-state index is 12.9. The number of amides is 1. The largest absolute Gasteiger partial charge is 0.477 e. The first-order valence-corrected chi connectivity index (χ1v) is 9.13. The highest BCUT2D eigenvalue weighted by molar-refractivity contribution is 5.97. The van der Waals surface area contributed by atoms with E-state index in [0.29, 0.717) is 0 Å². The summed E-state index contributed by atoms with van der Waals surface area (Å²) in [6.07, 6.45) is -4.61. The fourth-order valence-corrected chi connectivity index (χ4v) is 2.45. The molecule has 0 radical (unpaired) electrons. The fourth-order valence-electron chi connectivity index (χ4n) is 2.45. The Morgan fingerprint density at radius 3 is 2.62 bits per heavy atom. The molecule has 1 amide bonds. The van der Waals surface area contributed by atoms with Crippen LogP contribution in [-0.2, 0) is 20.5 Å². The van der Waals surface area contributed by atoms with Crippen LogP contribution in [0.1, 0.15) is 25.0 Å². The number of hydrogen-bond donors (Lipinski definition) is 3. The number of nitrogens with zero attached hydrogens (tertiary/aromatic N) is 3. The molecule has 1 heterocycles. The molecule has 0 fully saturated rings. The van der Waals surface area contributed by atoms with Gasteiger partial charge in [-0.3, -0.25) is 9.59 Å². The Kier molecular flexibility index (Phi) is 7.78. The summed E-state index contributed by atoms with van der Waals surface area (Å²) in [6.45, 7) is 2.41. The lowest BCUT2D eigenvalue weighted by Crippen LogP contribution is -2.39. The van der Waals surface area contributed by atoms with Crippen molar-refractivity contribution < 1.29 is 32.2 Å². The highest BCUT2D eigenvalue weighted by atomic mass is 19.4. The molecule has 1 atom stereocenters. The van der Waals surface area contributed by atoms with E-state index in [1.807, 2.05) is 6.07 Å². The van der Waals surface area contributed by atoms with E-state index in [1.54, 1.807) is 6.92 Å². The quantitative estimate of drug-likeness (QED) is 0.512. The molecule has 0 aliphatic carbocycles. The highest BCUT2D eigenvalue weighted by Gasteiger charge is 2.31. The zero-order valence-electron chi connectivity index (χ0n) is 17.0. The minimum Gasteiger partial charge on any atom is -0.477 e. The average molecular weight is 452 g/mol. The lowest BCUT2D eigenvalue weighted by molar-refractivity contribution is -0.142. The molecule has 0 spiro atoms. The summed E-state index contributed by atoms with van der Waals surface area (Å²) in [4.78, 5) is 31.7.